The first kappa shape index (κ1) is 41.3. The second-order valence-corrected chi connectivity index (χ2v) is 23.8. The number of hydrogen-bond acceptors (Lipinski definition) is 4. The average molecular weight is 1040 g/mol. The van der Waals surface area contributed by atoms with Gasteiger partial charge in [-0.15, -0.1) is 54.1 Å². The number of nitrogens with zero attached hydrogens (tertiary/aromatic N) is 4. The third-order valence-corrected chi connectivity index (χ3v) is 13.8. The number of benzene rings is 5. The fourth-order valence-electron chi connectivity index (χ4n) is 8.35. The molecule has 7 heteroatoms. The van der Waals surface area contributed by atoms with Crippen LogP contribution in [0, 0.1) is 19.0 Å². The standard InChI is InChI=1S/C40H38N3O.C17H22NSi.Ir/c1-23(2)28-21-32(24(3)4)37(33(22-28)25(5)6)43-36-14-9-8-13-35(36)41-39(43)31-12-10-11-29-30-19-20-34(42-40(30)44-38(29)31)27-17-15-26(7)16-18-27;1-13(2)15-11-16(14-9-7-6-8-10-14)18-12-17(15)19(3,4)5;/h8-11,13-25H,1-7H3;6-9,11-13H,1-5H3;/q2*-1;/i7D3;13D;. The molecule has 329 valence electrons. The van der Waals surface area contributed by atoms with Crippen LogP contribution in [0.5, 0.6) is 0 Å². The van der Waals surface area contributed by atoms with Crippen LogP contribution in [0.1, 0.15) is 112 Å². The number of hydrogen-bond donors (Lipinski definition) is 0. The Hall–Kier alpha value is -5.46. The SMILES string of the molecule is [2H]C(C)(C)c1cc(-c2[c-]cccc2)ncc1[Si](C)(C)C.[2H]C([2H])([2H])c1ccc(-c2ccc3c(n2)oc2c(-c4nc5ccccc5n4-c4c(C(C)C)cc(C(C)C)cc4C(C)C)[c-]ccc23)cc1.[Ir]. The Bertz CT molecular complexity index is 3200. The fourth-order valence-corrected chi connectivity index (χ4v) is 9.93. The van der Waals surface area contributed by atoms with E-state index in [1.807, 2.05) is 74.6 Å². The van der Waals surface area contributed by atoms with Crippen LogP contribution in [0.25, 0.3) is 72.7 Å². The summed E-state index contributed by atoms with van der Waals surface area (Å²) in [6.45, 7) is 22.2. The van der Waals surface area contributed by atoms with Crippen molar-refractivity contribution in [3.63, 3.8) is 0 Å². The maximum absolute atomic E-state index is 8.44. The fraction of sp³-hybridized carbons (Fsp3) is 0.281. The second-order valence-electron chi connectivity index (χ2n) is 18.7. The monoisotopic (exact) mass is 1040 g/mol. The molecule has 4 aromatic heterocycles. The summed E-state index contributed by atoms with van der Waals surface area (Å²) < 4.78 is 40.4. The number of aryl methyl sites for hydroxylation is 1. The quantitative estimate of drug-likeness (QED) is 0.107. The van der Waals surface area contributed by atoms with Crippen LogP contribution in [0.15, 0.2) is 126 Å². The Kier molecular flexibility index (Phi) is 12.2. The summed E-state index contributed by atoms with van der Waals surface area (Å²) >= 11 is 0. The molecule has 64 heavy (non-hydrogen) atoms. The molecule has 5 aromatic carbocycles. The number of aromatic nitrogens is 4. The predicted octanol–water partition coefficient (Wildman–Crippen LogP) is 15.3. The van der Waals surface area contributed by atoms with Gasteiger partial charge in [0, 0.05) is 48.4 Å². The van der Waals surface area contributed by atoms with E-state index in [-0.39, 0.29) is 31.9 Å². The molecule has 0 saturated carbocycles. The molecule has 0 bridgehead atoms. The minimum absolute atomic E-state index is 0. The molecule has 0 unspecified atom stereocenters. The van der Waals surface area contributed by atoms with Crippen molar-refractivity contribution in [1.29, 1.82) is 0 Å². The van der Waals surface area contributed by atoms with Gasteiger partial charge in [0.1, 0.15) is 0 Å². The van der Waals surface area contributed by atoms with E-state index < -0.39 is 20.8 Å². The minimum Gasteiger partial charge on any atom is -0.486 e. The molecule has 0 amide bonds. The number of imidazole rings is 1. The molecule has 0 N–H and O–H groups in total. The molecule has 0 fully saturated rings. The van der Waals surface area contributed by atoms with Gasteiger partial charge in [0.2, 0.25) is 5.71 Å². The maximum Gasteiger partial charge on any atom is 0.216 e. The van der Waals surface area contributed by atoms with Crippen molar-refractivity contribution in [3.05, 3.63) is 161 Å². The minimum atomic E-state index is -2.15. The van der Waals surface area contributed by atoms with Crippen LogP contribution in [0.3, 0.4) is 0 Å². The Balaban J connectivity index is 0.000000274. The summed E-state index contributed by atoms with van der Waals surface area (Å²) in [5, 5.41) is 3.11. The first-order chi connectivity index (χ1) is 31.6. The topological polar surface area (TPSA) is 56.7 Å². The second kappa shape index (κ2) is 18.9. The van der Waals surface area contributed by atoms with Gasteiger partial charge in [-0.05, 0) is 82.3 Å². The molecule has 0 saturated heterocycles. The smallest absolute Gasteiger partial charge is 0.216 e. The Morgan fingerprint density at radius 2 is 1.39 bits per heavy atom. The Labute approximate surface area is 400 Å². The van der Waals surface area contributed by atoms with E-state index in [0.717, 1.165) is 55.6 Å². The molecule has 0 aliphatic heterocycles. The van der Waals surface area contributed by atoms with Gasteiger partial charge in [-0.1, -0.05) is 152 Å². The summed E-state index contributed by atoms with van der Waals surface area (Å²) in [4.78, 5) is 14.7. The van der Waals surface area contributed by atoms with Crippen molar-refractivity contribution in [3.8, 4) is 39.6 Å². The van der Waals surface area contributed by atoms with Crippen LogP contribution in [-0.2, 0) is 20.1 Å². The Morgan fingerprint density at radius 1 is 0.688 bits per heavy atom. The van der Waals surface area contributed by atoms with E-state index in [0.29, 0.717) is 28.5 Å². The Morgan fingerprint density at radius 3 is 2.02 bits per heavy atom. The van der Waals surface area contributed by atoms with E-state index in [2.05, 4.69) is 119 Å². The predicted molar refractivity (Wildman–Crippen MR) is 268 cm³/mol. The number of para-hydroxylation sites is 2. The van der Waals surface area contributed by atoms with Gasteiger partial charge in [-0.2, -0.15) is 0 Å². The van der Waals surface area contributed by atoms with Crippen molar-refractivity contribution in [2.24, 2.45) is 0 Å². The molecule has 4 heterocycles. The summed E-state index contributed by atoms with van der Waals surface area (Å²) in [6, 6.07) is 44.5. The maximum atomic E-state index is 8.44. The van der Waals surface area contributed by atoms with Crippen molar-refractivity contribution >= 4 is 46.4 Å². The summed E-state index contributed by atoms with van der Waals surface area (Å²) in [7, 11) is -1.50. The molecule has 0 atom stereocenters. The van der Waals surface area contributed by atoms with E-state index in [4.69, 9.17) is 19.9 Å². The van der Waals surface area contributed by atoms with Gasteiger partial charge in [0.25, 0.3) is 0 Å². The average Bonchev–Trinajstić information content (AvgIpc) is 3.86. The van der Waals surface area contributed by atoms with Crippen LogP contribution < -0.4 is 5.19 Å². The van der Waals surface area contributed by atoms with Gasteiger partial charge < -0.3 is 14.0 Å². The molecule has 1 radical (unpaired) electrons. The molecular weight excluding hydrogens is 977 g/mol. The first-order valence-electron chi connectivity index (χ1n) is 24.1. The van der Waals surface area contributed by atoms with E-state index in [9.17, 15) is 0 Å². The summed E-state index contributed by atoms with van der Waals surface area (Å²) in [5.41, 5.74) is 13.8. The summed E-state index contributed by atoms with van der Waals surface area (Å²) in [5.74, 6) is 1.16. The van der Waals surface area contributed by atoms with E-state index >= 15 is 0 Å². The van der Waals surface area contributed by atoms with Gasteiger partial charge in [-0.3, -0.25) is 4.98 Å². The van der Waals surface area contributed by atoms with Crippen LogP contribution in [0.4, 0.5) is 0 Å². The van der Waals surface area contributed by atoms with Crippen LogP contribution >= 0.6 is 0 Å². The van der Waals surface area contributed by atoms with Crippen molar-refractivity contribution < 1.29 is 30.0 Å². The van der Waals surface area contributed by atoms with Gasteiger partial charge in [-0.25, -0.2) is 4.98 Å². The number of furan rings is 1. The molecule has 9 aromatic rings. The molecule has 9 rings (SSSR count). The molecule has 0 aliphatic rings. The molecule has 5 nitrogen and oxygen atoms in total. The first-order valence-corrected chi connectivity index (χ1v) is 25.6. The van der Waals surface area contributed by atoms with Gasteiger partial charge in [0.05, 0.1) is 36.2 Å². The van der Waals surface area contributed by atoms with Gasteiger partial charge in [0.15, 0.2) is 0 Å². The van der Waals surface area contributed by atoms with Crippen molar-refractivity contribution in [2.45, 2.75) is 106 Å². The van der Waals surface area contributed by atoms with Gasteiger partial charge >= 0.3 is 0 Å². The van der Waals surface area contributed by atoms with Crippen molar-refractivity contribution in [2.75, 3.05) is 0 Å². The number of rotatable bonds is 9. The van der Waals surface area contributed by atoms with Crippen LogP contribution in [0.2, 0.25) is 19.6 Å². The number of fused-ring (bicyclic) bond motifs is 4. The normalized spacial score (nSPS) is 13.2. The number of pyridine rings is 2. The van der Waals surface area contributed by atoms with E-state index in [1.165, 1.54) is 27.6 Å². The summed E-state index contributed by atoms with van der Waals surface area (Å²) in [6.07, 6.45) is 1.98. The zero-order chi connectivity index (χ0) is 48.2. The van der Waals surface area contributed by atoms with Crippen molar-refractivity contribution in [1.82, 2.24) is 19.5 Å². The largest absolute Gasteiger partial charge is 0.486 e. The zero-order valence-electron chi connectivity index (χ0n) is 42.8. The van der Waals surface area contributed by atoms with Crippen LogP contribution in [-0.4, -0.2) is 27.6 Å². The third kappa shape index (κ3) is 9.22. The van der Waals surface area contributed by atoms with E-state index in [1.54, 1.807) is 24.3 Å². The molecule has 0 spiro atoms. The third-order valence-electron chi connectivity index (χ3n) is 11.8. The molecular formula is C57H60IrN4OSi-2. The molecule has 0 aliphatic carbocycles. The zero-order valence-corrected chi connectivity index (χ0v) is 42.2.